The number of carboxylic acids is 1. The molecule has 1 fully saturated rings. The minimum Gasteiger partial charge on any atom is -0.503 e. The number of carbonyl (C=O) groups excluding carboxylic acids is 1. The molecule has 38 heavy (non-hydrogen) atoms. The molecule has 1 aromatic heterocycles. The highest BCUT2D eigenvalue weighted by atomic mass is 16.6. The van der Waals surface area contributed by atoms with E-state index < -0.39 is 12.5 Å². The predicted octanol–water partition coefficient (Wildman–Crippen LogP) is 3.45. The van der Waals surface area contributed by atoms with Crippen molar-refractivity contribution in [1.29, 1.82) is 0 Å². The molecule has 196 valence electrons. The smallest absolute Gasteiger partial charge is 0.323 e. The standard InChI is InChI=1S/C28H28N4O6/c1-18-26(36)28(30-17-29-18)32(15-25(34)35)23(16-33)20-9-11-31(12-10-20)21-7-5-19(6-8-21)22-3-2-4-24-27(22)38-14-13-37-24/h2-8,17,20,36H,9-15H2,1H3,(H,34,35). The lowest BCUT2D eigenvalue weighted by atomic mass is 9.92. The number of carboxylic acid groups (broad SMARTS) is 1. The summed E-state index contributed by atoms with van der Waals surface area (Å²) in [4.78, 5) is 35.1. The third-order valence-electron chi connectivity index (χ3n) is 6.92. The third kappa shape index (κ3) is 4.99. The molecule has 0 amide bonds. The summed E-state index contributed by atoms with van der Waals surface area (Å²) in [7, 11) is 0. The number of aromatic nitrogens is 2. The first-order valence-electron chi connectivity index (χ1n) is 12.4. The zero-order valence-electron chi connectivity index (χ0n) is 21.0. The Morgan fingerprint density at radius 2 is 1.84 bits per heavy atom. The molecule has 3 heterocycles. The van der Waals surface area contributed by atoms with Gasteiger partial charge in [0.2, 0.25) is 0 Å². The third-order valence-corrected chi connectivity index (χ3v) is 6.92. The summed E-state index contributed by atoms with van der Waals surface area (Å²) in [5.74, 6) is 1.81. The van der Waals surface area contributed by atoms with E-state index in [1.807, 2.05) is 24.1 Å². The SMILES string of the molecule is Cc1ncnc(N(CC(=O)O)C(=C=O)C2CCN(c3ccc(-c4cccc5c4OCCO5)cc3)CC2)c1O. The van der Waals surface area contributed by atoms with Crippen molar-refractivity contribution in [3.05, 3.63) is 60.2 Å². The van der Waals surface area contributed by atoms with E-state index in [0.717, 1.165) is 28.3 Å². The van der Waals surface area contributed by atoms with Crippen molar-refractivity contribution in [2.75, 3.05) is 42.6 Å². The lowest BCUT2D eigenvalue weighted by molar-refractivity contribution is -0.135. The van der Waals surface area contributed by atoms with Crippen LogP contribution < -0.4 is 19.3 Å². The number of hydrogen-bond donors (Lipinski definition) is 2. The normalized spacial score (nSPS) is 15.0. The molecule has 0 radical (unpaired) electrons. The van der Waals surface area contributed by atoms with Crippen molar-refractivity contribution in [2.45, 2.75) is 19.8 Å². The first-order chi connectivity index (χ1) is 18.5. The first kappa shape index (κ1) is 25.1. The second kappa shape index (κ2) is 10.8. The molecular formula is C28H28N4O6. The molecule has 2 aromatic carbocycles. The lowest BCUT2D eigenvalue weighted by Crippen LogP contribution is -2.39. The topological polar surface area (TPSA) is 125 Å². The van der Waals surface area contributed by atoms with Gasteiger partial charge in [-0.25, -0.2) is 14.8 Å². The van der Waals surface area contributed by atoms with E-state index in [0.29, 0.717) is 44.8 Å². The maximum Gasteiger partial charge on any atom is 0.323 e. The maximum atomic E-state index is 12.1. The average Bonchev–Trinajstić information content (AvgIpc) is 2.94. The molecular weight excluding hydrogens is 488 g/mol. The van der Waals surface area contributed by atoms with Gasteiger partial charge in [0, 0.05) is 30.3 Å². The summed E-state index contributed by atoms with van der Waals surface area (Å²) in [6.07, 6.45) is 2.47. The number of ether oxygens (including phenoxy) is 2. The van der Waals surface area contributed by atoms with E-state index >= 15 is 0 Å². The highest BCUT2D eigenvalue weighted by Crippen LogP contribution is 2.40. The molecule has 10 heteroatoms. The lowest BCUT2D eigenvalue weighted by Gasteiger charge is -2.36. The number of fused-ring (bicyclic) bond motifs is 1. The van der Waals surface area contributed by atoms with Crippen molar-refractivity contribution >= 4 is 23.4 Å². The van der Waals surface area contributed by atoms with Gasteiger partial charge in [-0.2, -0.15) is 0 Å². The number of aryl methyl sites for hydroxylation is 1. The van der Waals surface area contributed by atoms with Crippen LogP contribution in [-0.2, 0) is 9.59 Å². The number of allylic oxidation sites excluding steroid dienone is 1. The van der Waals surface area contributed by atoms with Crippen molar-refractivity contribution in [2.24, 2.45) is 5.92 Å². The molecule has 0 spiro atoms. The number of rotatable bonds is 7. The summed E-state index contributed by atoms with van der Waals surface area (Å²) < 4.78 is 11.6. The molecule has 2 aliphatic heterocycles. The summed E-state index contributed by atoms with van der Waals surface area (Å²) >= 11 is 0. The minimum absolute atomic E-state index is 0.00579. The van der Waals surface area contributed by atoms with Crippen molar-refractivity contribution in [3.63, 3.8) is 0 Å². The van der Waals surface area contributed by atoms with Crippen molar-refractivity contribution < 1.29 is 29.3 Å². The molecule has 0 saturated carbocycles. The van der Waals surface area contributed by atoms with Crippen LogP contribution >= 0.6 is 0 Å². The summed E-state index contributed by atoms with van der Waals surface area (Å²) in [5, 5.41) is 19.9. The Bertz CT molecular complexity index is 1380. The summed E-state index contributed by atoms with van der Waals surface area (Å²) in [6, 6.07) is 14.1. The molecule has 0 unspecified atom stereocenters. The van der Waals surface area contributed by atoms with Gasteiger partial charge >= 0.3 is 5.97 Å². The fourth-order valence-electron chi connectivity index (χ4n) is 4.98. The number of nitrogens with zero attached hydrogens (tertiary/aromatic N) is 4. The fourth-order valence-corrected chi connectivity index (χ4v) is 4.98. The van der Waals surface area contributed by atoms with Gasteiger partial charge in [-0.05, 0) is 43.5 Å². The van der Waals surface area contributed by atoms with Crippen LogP contribution in [0.5, 0.6) is 17.2 Å². The van der Waals surface area contributed by atoms with Crippen molar-refractivity contribution in [1.82, 2.24) is 9.97 Å². The van der Waals surface area contributed by atoms with Gasteiger partial charge in [0.05, 0.1) is 5.69 Å². The Kier molecular flexibility index (Phi) is 7.15. The number of aromatic hydroxyl groups is 1. The Balaban J connectivity index is 1.30. The zero-order valence-corrected chi connectivity index (χ0v) is 21.0. The van der Waals surface area contributed by atoms with E-state index in [1.165, 1.54) is 11.2 Å². The largest absolute Gasteiger partial charge is 0.503 e. The highest BCUT2D eigenvalue weighted by Gasteiger charge is 2.31. The number of carbonyl (C=O) groups is 1. The van der Waals surface area contributed by atoms with Crippen LogP contribution in [0.3, 0.4) is 0 Å². The zero-order chi connectivity index (χ0) is 26.6. The molecule has 0 bridgehead atoms. The van der Waals surface area contributed by atoms with Gasteiger partial charge in [-0.3, -0.25) is 4.79 Å². The predicted molar refractivity (Wildman–Crippen MR) is 140 cm³/mol. The Morgan fingerprint density at radius 3 is 2.55 bits per heavy atom. The molecule has 5 rings (SSSR count). The van der Waals surface area contributed by atoms with Gasteiger partial charge in [0.1, 0.15) is 37.7 Å². The van der Waals surface area contributed by atoms with E-state index in [9.17, 15) is 19.8 Å². The average molecular weight is 517 g/mol. The van der Waals surface area contributed by atoms with Gasteiger partial charge in [-0.1, -0.05) is 24.3 Å². The molecule has 0 atom stereocenters. The first-order valence-corrected chi connectivity index (χ1v) is 12.4. The van der Waals surface area contributed by atoms with Gasteiger partial charge in [0.15, 0.2) is 23.1 Å². The fraction of sp³-hybridized carbons (Fsp3) is 0.321. The monoisotopic (exact) mass is 516 g/mol. The van der Waals surface area contributed by atoms with Crippen LogP contribution in [0.25, 0.3) is 11.1 Å². The van der Waals surface area contributed by atoms with Crippen LogP contribution in [-0.4, -0.2) is 64.9 Å². The van der Waals surface area contributed by atoms with Crippen LogP contribution in [0.2, 0.25) is 0 Å². The van der Waals surface area contributed by atoms with Gasteiger partial charge in [-0.15, -0.1) is 0 Å². The number of aliphatic carboxylic acids is 1. The van der Waals surface area contributed by atoms with Crippen molar-refractivity contribution in [3.8, 4) is 28.4 Å². The Morgan fingerprint density at radius 1 is 1.11 bits per heavy atom. The molecule has 2 N–H and O–H groups in total. The van der Waals surface area contributed by atoms with Gasteiger partial charge in [0.25, 0.3) is 0 Å². The molecule has 10 nitrogen and oxygen atoms in total. The number of benzene rings is 2. The maximum absolute atomic E-state index is 12.1. The number of para-hydroxylation sites is 1. The van der Waals surface area contributed by atoms with Gasteiger partial charge < -0.3 is 29.5 Å². The van der Waals surface area contributed by atoms with E-state index in [4.69, 9.17) is 9.47 Å². The second-order valence-electron chi connectivity index (χ2n) is 9.24. The Hall–Kier alpha value is -4.56. The number of piperidine rings is 1. The molecule has 1 saturated heterocycles. The summed E-state index contributed by atoms with van der Waals surface area (Å²) in [5.41, 5.74) is 3.53. The quantitative estimate of drug-likeness (QED) is 0.451. The number of hydrogen-bond acceptors (Lipinski definition) is 9. The van der Waals surface area contributed by atoms with Crippen LogP contribution in [0.1, 0.15) is 18.5 Å². The van der Waals surface area contributed by atoms with Crippen LogP contribution in [0, 0.1) is 12.8 Å². The molecule has 0 aliphatic carbocycles. The summed E-state index contributed by atoms with van der Waals surface area (Å²) in [6.45, 7) is 3.47. The second-order valence-corrected chi connectivity index (χ2v) is 9.24. The van der Waals surface area contributed by atoms with E-state index in [1.54, 1.807) is 6.92 Å². The Labute approximate surface area is 219 Å². The van der Waals surface area contributed by atoms with Crippen LogP contribution in [0.4, 0.5) is 11.5 Å². The van der Waals surface area contributed by atoms with E-state index in [2.05, 4.69) is 39.1 Å². The molecule has 3 aromatic rings. The minimum atomic E-state index is -1.15. The van der Waals surface area contributed by atoms with Crippen LogP contribution in [0.15, 0.2) is 54.5 Å². The highest BCUT2D eigenvalue weighted by molar-refractivity contribution is 5.79. The number of anilines is 2. The van der Waals surface area contributed by atoms with E-state index in [-0.39, 0.29) is 23.2 Å². The molecule has 2 aliphatic rings.